The van der Waals surface area contributed by atoms with Crippen LogP contribution in [0.4, 0.5) is 0 Å². The molecule has 0 fully saturated rings. The van der Waals surface area contributed by atoms with Crippen LogP contribution >= 0.6 is 0 Å². The topological polar surface area (TPSA) is 52.5 Å². The molecule has 0 saturated heterocycles. The first-order valence-electron chi connectivity index (χ1n) is 3.85. The summed E-state index contributed by atoms with van der Waals surface area (Å²) in [6.07, 6.45) is 3.05. The van der Waals surface area contributed by atoms with Gasteiger partial charge in [0.25, 0.3) is 0 Å². The number of hydrogen-bond acceptors (Lipinski definition) is 3. The Morgan fingerprint density at radius 2 is 1.86 bits per heavy atom. The summed E-state index contributed by atoms with van der Waals surface area (Å²) in [4.78, 5) is 11.2. The molecule has 0 unspecified atom stereocenters. The zero-order valence-corrected chi connectivity index (χ0v) is 10.9. The molecule has 2 rings (SSSR count). The summed E-state index contributed by atoms with van der Waals surface area (Å²) >= 11 is 0. The van der Waals surface area contributed by atoms with E-state index in [0.717, 1.165) is 5.56 Å². The summed E-state index contributed by atoms with van der Waals surface area (Å²) in [5.41, 5.74) is 1.47. The molecule has 0 aromatic heterocycles. The van der Waals surface area contributed by atoms with Gasteiger partial charge in [0.2, 0.25) is 5.78 Å². The van der Waals surface area contributed by atoms with Crippen LogP contribution in [0.15, 0.2) is 35.5 Å². The number of nitrogens with zero attached hydrogens (tertiary/aromatic N) is 1. The van der Waals surface area contributed by atoms with Gasteiger partial charge in [0, 0.05) is 5.56 Å². The van der Waals surface area contributed by atoms with Crippen molar-refractivity contribution >= 4 is 17.6 Å². The summed E-state index contributed by atoms with van der Waals surface area (Å²) in [7, 11) is 0. The average molecular weight is 211 g/mol. The van der Waals surface area contributed by atoms with E-state index >= 15 is 0 Å². The van der Waals surface area contributed by atoms with Crippen LogP contribution in [0.5, 0.6) is 0 Å². The van der Waals surface area contributed by atoms with E-state index in [9.17, 15) is 10.0 Å². The third-order valence-electron chi connectivity index (χ3n) is 1.95. The van der Waals surface area contributed by atoms with Crippen molar-refractivity contribution in [2.24, 2.45) is 5.16 Å². The molecular weight excluding hydrogens is 205 g/mol. The van der Waals surface area contributed by atoms with Gasteiger partial charge in [-0.05, 0) is 11.6 Å². The first-order valence-corrected chi connectivity index (χ1v) is 3.85. The molecule has 1 aromatic carbocycles. The summed E-state index contributed by atoms with van der Waals surface area (Å²) in [5.74, 6) is -0.325. The van der Waals surface area contributed by atoms with Gasteiger partial charge in [0.15, 0.2) is 0 Å². The SMILES string of the molecule is O=C1C=Cc2ccccc2/C1=N/[O-].[K+]. The second-order valence-electron chi connectivity index (χ2n) is 2.72. The minimum Gasteiger partial charge on any atom is -0.791 e. The van der Waals surface area contributed by atoms with Crippen molar-refractivity contribution in [2.75, 3.05) is 0 Å². The summed E-state index contributed by atoms with van der Waals surface area (Å²) in [6.45, 7) is 0. The standard InChI is InChI=1S/C10H7NO2.K/c12-9-6-5-7-3-1-2-4-8(7)10(9)11-13;/h1-6,13H;/q;+1/p-1/b11-10-;. The van der Waals surface area contributed by atoms with Crippen LogP contribution in [0.2, 0.25) is 0 Å². The van der Waals surface area contributed by atoms with E-state index in [1.165, 1.54) is 6.08 Å². The Morgan fingerprint density at radius 3 is 2.57 bits per heavy atom. The Morgan fingerprint density at radius 1 is 1.14 bits per heavy atom. The monoisotopic (exact) mass is 211 g/mol. The van der Waals surface area contributed by atoms with Gasteiger partial charge in [0.05, 0.1) is 0 Å². The molecule has 0 N–H and O–H groups in total. The molecule has 1 aliphatic rings. The zero-order chi connectivity index (χ0) is 9.26. The second-order valence-corrected chi connectivity index (χ2v) is 2.72. The first-order chi connectivity index (χ1) is 6.33. The third kappa shape index (κ3) is 2.04. The molecule has 0 aliphatic heterocycles. The fraction of sp³-hybridized carbons (Fsp3) is 0. The molecule has 0 radical (unpaired) electrons. The summed E-state index contributed by atoms with van der Waals surface area (Å²) in [6, 6.07) is 7.18. The third-order valence-corrected chi connectivity index (χ3v) is 1.95. The van der Waals surface area contributed by atoms with Crippen molar-refractivity contribution < 1.29 is 56.2 Å². The van der Waals surface area contributed by atoms with Gasteiger partial charge in [0.1, 0.15) is 5.71 Å². The number of benzene rings is 1. The molecule has 64 valence electrons. The Balaban J connectivity index is 0.000000980. The Kier molecular flexibility index (Phi) is 4.22. The van der Waals surface area contributed by atoms with Crippen LogP contribution in [0.25, 0.3) is 6.08 Å². The van der Waals surface area contributed by atoms with Crippen LogP contribution < -0.4 is 51.4 Å². The van der Waals surface area contributed by atoms with Gasteiger partial charge in [-0.15, -0.1) is 0 Å². The van der Waals surface area contributed by atoms with Gasteiger partial charge in [-0.1, -0.05) is 30.3 Å². The maximum atomic E-state index is 11.2. The number of allylic oxidation sites excluding steroid dienone is 1. The molecule has 1 aromatic rings. The van der Waals surface area contributed by atoms with Crippen molar-refractivity contribution in [3.05, 3.63) is 46.7 Å². The van der Waals surface area contributed by atoms with E-state index in [-0.39, 0.29) is 62.9 Å². The number of carbonyl (C=O) groups excluding carboxylic acids is 1. The van der Waals surface area contributed by atoms with Gasteiger partial charge < -0.3 is 10.4 Å². The van der Waals surface area contributed by atoms with E-state index in [0.29, 0.717) is 5.56 Å². The minimum atomic E-state index is -0.325. The first kappa shape index (κ1) is 11.8. The molecule has 14 heavy (non-hydrogen) atoms. The molecule has 0 heterocycles. The Bertz CT molecular complexity index is 424. The molecule has 3 nitrogen and oxygen atoms in total. The van der Waals surface area contributed by atoms with Gasteiger partial charge >= 0.3 is 51.4 Å². The minimum absolute atomic E-state index is 0. The van der Waals surface area contributed by atoms with E-state index in [4.69, 9.17) is 0 Å². The Hall–Kier alpha value is -0.264. The smallest absolute Gasteiger partial charge is 0.791 e. The van der Waals surface area contributed by atoms with Gasteiger partial charge in [-0.2, -0.15) is 0 Å². The molecule has 4 heteroatoms. The predicted molar refractivity (Wildman–Crippen MR) is 50.4 cm³/mol. The van der Waals surface area contributed by atoms with Crippen LogP contribution in [-0.2, 0) is 4.79 Å². The Labute approximate surface area is 124 Å². The molecule has 0 atom stereocenters. The van der Waals surface area contributed by atoms with E-state index < -0.39 is 0 Å². The van der Waals surface area contributed by atoms with Crippen LogP contribution in [-0.4, -0.2) is 11.5 Å². The van der Waals surface area contributed by atoms with Crippen molar-refractivity contribution in [3.8, 4) is 0 Å². The molecule has 0 amide bonds. The van der Waals surface area contributed by atoms with Crippen molar-refractivity contribution in [2.45, 2.75) is 0 Å². The van der Waals surface area contributed by atoms with Gasteiger partial charge in [-0.3, -0.25) is 4.79 Å². The number of fused-ring (bicyclic) bond motifs is 1. The number of rotatable bonds is 0. The van der Waals surface area contributed by atoms with Crippen LogP contribution in [0.3, 0.4) is 0 Å². The van der Waals surface area contributed by atoms with E-state index in [1.807, 2.05) is 12.1 Å². The molecule has 0 bridgehead atoms. The van der Waals surface area contributed by atoms with Crippen molar-refractivity contribution in [1.29, 1.82) is 0 Å². The molecule has 0 saturated carbocycles. The van der Waals surface area contributed by atoms with Crippen LogP contribution in [0.1, 0.15) is 11.1 Å². The van der Waals surface area contributed by atoms with E-state index in [1.54, 1.807) is 18.2 Å². The maximum Gasteiger partial charge on any atom is 1.00 e. The fourth-order valence-electron chi connectivity index (χ4n) is 1.33. The molecule has 1 aliphatic carbocycles. The zero-order valence-electron chi connectivity index (χ0n) is 7.73. The van der Waals surface area contributed by atoms with E-state index in [2.05, 4.69) is 5.16 Å². The maximum absolute atomic E-state index is 11.2. The largest absolute Gasteiger partial charge is 1.00 e. The fourth-order valence-corrected chi connectivity index (χ4v) is 1.33. The van der Waals surface area contributed by atoms with Crippen molar-refractivity contribution in [3.63, 3.8) is 0 Å². The van der Waals surface area contributed by atoms with Gasteiger partial charge in [-0.25, -0.2) is 0 Å². The predicted octanol–water partition coefficient (Wildman–Crippen LogP) is -1.43. The number of ketones is 1. The summed E-state index contributed by atoms with van der Waals surface area (Å²) < 4.78 is 0. The molecular formula is C10H6KNO2. The number of carbonyl (C=O) groups is 1. The van der Waals surface area contributed by atoms with Crippen LogP contribution in [0, 0.1) is 5.21 Å². The van der Waals surface area contributed by atoms with Crippen molar-refractivity contribution in [1.82, 2.24) is 0 Å². The quantitative estimate of drug-likeness (QED) is 0.390. The molecule has 0 spiro atoms. The average Bonchev–Trinajstić information content (AvgIpc) is 2.18. The second kappa shape index (κ2) is 5.00. The normalized spacial score (nSPS) is 16.3. The number of hydrogen-bond donors (Lipinski definition) is 0. The summed E-state index contributed by atoms with van der Waals surface area (Å²) in [5, 5.41) is 13.1.